The van der Waals surface area contributed by atoms with Crippen LogP contribution in [0.15, 0.2) is 60.8 Å². The number of alkyl halides is 3. The smallest absolute Gasteiger partial charge is 0.356 e. The molecule has 13 heteroatoms. The van der Waals surface area contributed by atoms with E-state index in [4.69, 9.17) is 0 Å². The van der Waals surface area contributed by atoms with E-state index in [0.717, 1.165) is 29.6 Å². The van der Waals surface area contributed by atoms with Gasteiger partial charge in [0.15, 0.2) is 12.2 Å². The number of pyridine rings is 1. The van der Waals surface area contributed by atoms with Gasteiger partial charge in [0, 0.05) is 30.7 Å². The minimum Gasteiger partial charge on any atom is -0.356 e. The molecule has 0 fully saturated rings. The van der Waals surface area contributed by atoms with Crippen LogP contribution in [-0.4, -0.2) is 86.5 Å². The molecule has 0 saturated heterocycles. The monoisotopic (exact) mass is 619 g/mol. The lowest BCUT2D eigenvalue weighted by atomic mass is 10.0. The molecule has 0 spiro atoms. The fraction of sp³-hybridized carbons (Fsp3) is 0.419. The number of H-pyrrole nitrogens is 1. The molecule has 0 bridgehead atoms. The maximum atomic E-state index is 13.4. The van der Waals surface area contributed by atoms with Gasteiger partial charge in [-0.2, -0.15) is 13.2 Å². The van der Waals surface area contributed by atoms with Crippen LogP contribution in [0.5, 0.6) is 0 Å². The number of likely N-dealkylation sites (N-methyl/N-ethyl adjacent to an activating group) is 1. The number of fused-ring (bicyclic) bond motifs is 1. The van der Waals surface area contributed by atoms with Crippen molar-refractivity contribution in [1.29, 1.82) is 0 Å². The molecule has 0 aliphatic rings. The van der Waals surface area contributed by atoms with Gasteiger partial charge in [-0.3, -0.25) is 14.4 Å². The van der Waals surface area contributed by atoms with E-state index in [0.29, 0.717) is 35.4 Å². The van der Waals surface area contributed by atoms with Gasteiger partial charge in [0.25, 0.3) is 5.91 Å². The highest BCUT2D eigenvalue weighted by Crippen LogP contribution is 2.29. The van der Waals surface area contributed by atoms with Crippen molar-refractivity contribution in [3.63, 3.8) is 0 Å². The summed E-state index contributed by atoms with van der Waals surface area (Å²) < 4.78 is 39.9. The molecular formula is C31H44F3N7O3+4. The predicted molar refractivity (Wildman–Crippen MR) is 159 cm³/mol. The average Bonchev–Trinajstić information content (AvgIpc) is 2.96. The van der Waals surface area contributed by atoms with E-state index >= 15 is 0 Å². The van der Waals surface area contributed by atoms with Crippen LogP contribution in [0.3, 0.4) is 0 Å². The molecule has 0 unspecified atom stereocenters. The summed E-state index contributed by atoms with van der Waals surface area (Å²) in [6, 6.07) is 11.8. The van der Waals surface area contributed by atoms with E-state index in [1.807, 2.05) is 45.4 Å². The average molecular weight is 620 g/mol. The van der Waals surface area contributed by atoms with E-state index in [2.05, 4.69) is 27.1 Å². The second kappa shape index (κ2) is 15.1. The first-order valence-electron chi connectivity index (χ1n) is 14.5. The molecule has 238 valence electrons. The van der Waals surface area contributed by atoms with Gasteiger partial charge in [-0.1, -0.05) is 24.3 Å². The van der Waals surface area contributed by atoms with E-state index in [9.17, 15) is 27.6 Å². The fourth-order valence-corrected chi connectivity index (χ4v) is 4.54. The van der Waals surface area contributed by atoms with Crippen LogP contribution in [0.25, 0.3) is 10.9 Å². The van der Waals surface area contributed by atoms with Crippen LogP contribution in [-0.2, 0) is 27.0 Å². The summed E-state index contributed by atoms with van der Waals surface area (Å²) in [6.45, 7) is 2.39. The van der Waals surface area contributed by atoms with Gasteiger partial charge in [0.05, 0.1) is 52.9 Å². The summed E-state index contributed by atoms with van der Waals surface area (Å²) in [5.41, 5.74) is 8.70. The third-order valence-electron chi connectivity index (χ3n) is 7.18. The van der Waals surface area contributed by atoms with Crippen LogP contribution in [0.2, 0.25) is 0 Å². The van der Waals surface area contributed by atoms with E-state index in [1.165, 1.54) is 12.1 Å². The number of nitrogens with zero attached hydrogens (tertiary/aromatic N) is 2. The summed E-state index contributed by atoms with van der Waals surface area (Å²) in [5.74, 6) is -1.19. The lowest BCUT2D eigenvalue weighted by Gasteiger charge is -2.28. The van der Waals surface area contributed by atoms with Crippen molar-refractivity contribution in [3.05, 3.63) is 71.9 Å². The number of para-hydroxylation sites is 1. The number of rotatable bonds is 14. The number of amides is 3. The Morgan fingerprint density at radius 3 is 2.32 bits per heavy atom. The minimum absolute atomic E-state index is 0.0546. The molecule has 1 heterocycles. The standard InChI is InChI=1S/C31H40F3N7O3/c1-41(2,3)17-16-40(15-14-35)28(42)13-12-25(36)29(43)39-27(18-21-8-10-23(11-9-21)31(32,33)34)30(44)38-24-19-22-6-4-5-7-26(22)37-20-24/h4-11,19-20,25,27H,12-18,35-36H2,1-3H3,(H-,38,39,43,44)/p+4/t25-,27-/m0/s1. The van der Waals surface area contributed by atoms with Gasteiger partial charge in [0.1, 0.15) is 11.7 Å². The molecule has 2 atom stereocenters. The molecular weight excluding hydrogens is 575 g/mol. The molecule has 0 aliphatic heterocycles. The highest BCUT2D eigenvalue weighted by atomic mass is 19.4. The maximum Gasteiger partial charge on any atom is 0.416 e. The molecule has 9 N–H and O–H groups in total. The van der Waals surface area contributed by atoms with Crippen LogP contribution in [0.4, 0.5) is 18.9 Å². The van der Waals surface area contributed by atoms with Crippen LogP contribution >= 0.6 is 0 Å². The number of hydrogen-bond donors (Lipinski definition) is 4. The van der Waals surface area contributed by atoms with Gasteiger partial charge < -0.3 is 31.5 Å². The zero-order chi connectivity index (χ0) is 32.5. The van der Waals surface area contributed by atoms with Crippen molar-refractivity contribution < 1.29 is 48.5 Å². The molecule has 3 aromatic rings. The molecule has 1 aromatic heterocycles. The molecule has 10 nitrogen and oxygen atoms in total. The third-order valence-corrected chi connectivity index (χ3v) is 7.18. The Kier molecular flexibility index (Phi) is 11.8. The molecule has 0 saturated carbocycles. The number of aromatic amines is 1. The van der Waals surface area contributed by atoms with Crippen molar-refractivity contribution in [1.82, 2.24) is 10.2 Å². The second-order valence-electron chi connectivity index (χ2n) is 11.9. The zero-order valence-corrected chi connectivity index (χ0v) is 25.5. The second-order valence-corrected chi connectivity index (χ2v) is 11.9. The molecule has 0 aliphatic carbocycles. The maximum absolute atomic E-state index is 13.4. The summed E-state index contributed by atoms with van der Waals surface area (Å²) in [7, 11) is 6.12. The van der Waals surface area contributed by atoms with Crippen molar-refractivity contribution in [2.75, 3.05) is 52.6 Å². The normalized spacial score (nSPS) is 13.3. The van der Waals surface area contributed by atoms with Crippen LogP contribution in [0, 0.1) is 0 Å². The Morgan fingerprint density at radius 2 is 1.68 bits per heavy atom. The minimum atomic E-state index is -4.50. The van der Waals surface area contributed by atoms with Crippen LogP contribution in [0.1, 0.15) is 24.0 Å². The van der Waals surface area contributed by atoms with E-state index in [1.54, 1.807) is 17.2 Å². The highest BCUT2D eigenvalue weighted by molar-refractivity contribution is 5.98. The summed E-state index contributed by atoms with van der Waals surface area (Å²) >= 11 is 0. The Hall–Kier alpha value is -4.07. The SMILES string of the molecule is C[N+](C)(C)CCN(CC[NH3+])C(=O)CC[C@H]([NH3+])C(=O)N[C@@H](Cc1ccc(C(F)(F)F)cc1)C(=O)Nc1c[nH+]c2ccccc2c1. The Morgan fingerprint density at radius 1 is 1.00 bits per heavy atom. The van der Waals surface area contributed by atoms with Gasteiger partial charge in [-0.05, 0) is 29.8 Å². The van der Waals surface area contributed by atoms with Crippen molar-refractivity contribution in [3.8, 4) is 0 Å². The van der Waals surface area contributed by atoms with E-state index < -0.39 is 35.6 Å². The quantitative estimate of drug-likeness (QED) is 0.195. The largest absolute Gasteiger partial charge is 0.416 e. The highest BCUT2D eigenvalue weighted by Gasteiger charge is 2.31. The number of nitrogens with one attached hydrogen (secondary N) is 3. The predicted octanol–water partition coefficient (Wildman–Crippen LogP) is 0.506. The number of carbonyl (C=O) groups excluding carboxylic acids is 3. The van der Waals surface area contributed by atoms with Gasteiger partial charge >= 0.3 is 6.18 Å². The number of hydrogen-bond acceptors (Lipinski definition) is 3. The number of benzene rings is 2. The van der Waals surface area contributed by atoms with Crippen molar-refractivity contribution in [2.24, 2.45) is 0 Å². The first kappa shape index (κ1) is 34.4. The number of aromatic nitrogens is 1. The van der Waals surface area contributed by atoms with E-state index in [-0.39, 0.29) is 25.2 Å². The summed E-state index contributed by atoms with van der Waals surface area (Å²) in [4.78, 5) is 44.4. The Balaban J connectivity index is 1.71. The molecule has 44 heavy (non-hydrogen) atoms. The van der Waals surface area contributed by atoms with Crippen LogP contribution < -0.4 is 27.1 Å². The van der Waals surface area contributed by atoms with Gasteiger partial charge in [0.2, 0.25) is 17.3 Å². The molecule has 0 radical (unpaired) electrons. The summed E-state index contributed by atoms with van der Waals surface area (Å²) in [6.07, 6.45) is -2.67. The fourth-order valence-electron chi connectivity index (χ4n) is 4.54. The molecule has 3 amide bonds. The molecule has 3 rings (SSSR count). The number of anilines is 1. The Bertz CT molecular complexity index is 1430. The topological polar surface area (TPSA) is 148 Å². The summed E-state index contributed by atoms with van der Waals surface area (Å²) in [5, 5.41) is 6.35. The lowest BCUT2D eigenvalue weighted by Crippen LogP contribution is -2.69. The Labute approximate surface area is 255 Å². The molecule has 2 aromatic carbocycles. The first-order valence-corrected chi connectivity index (χ1v) is 14.5. The van der Waals surface area contributed by atoms with Crippen molar-refractivity contribution in [2.45, 2.75) is 37.5 Å². The zero-order valence-electron chi connectivity index (χ0n) is 25.5. The first-order chi connectivity index (χ1) is 20.7. The van der Waals surface area contributed by atoms with Gasteiger partial charge in [-0.25, -0.2) is 4.98 Å². The third kappa shape index (κ3) is 10.6. The number of quaternary nitrogens is 3. The number of halogens is 3. The van der Waals surface area contributed by atoms with Gasteiger partial charge in [-0.15, -0.1) is 0 Å². The lowest BCUT2D eigenvalue weighted by molar-refractivity contribution is -0.869. The van der Waals surface area contributed by atoms with Crippen molar-refractivity contribution >= 4 is 34.3 Å². The number of carbonyl (C=O) groups is 3.